The number of alkyl halides is 3. The number of nitrogens with zero attached hydrogens (tertiary/aromatic N) is 2. The van der Waals surface area contributed by atoms with Gasteiger partial charge >= 0.3 is 6.18 Å². The highest BCUT2D eigenvalue weighted by Crippen LogP contribution is 2.33. The summed E-state index contributed by atoms with van der Waals surface area (Å²) in [6.45, 7) is 0. The predicted molar refractivity (Wildman–Crippen MR) is 67.5 cm³/mol. The monoisotopic (exact) mass is 335 g/mol. The fraction of sp³-hybridized carbons (Fsp3) is 0.167. The minimum atomic E-state index is -4.91. The van der Waals surface area contributed by atoms with Crippen molar-refractivity contribution in [1.82, 2.24) is 14.7 Å². The second kappa shape index (κ2) is 5.97. The SMILES string of the molecule is O=S(=O)(NC(c1ccc(F)cc1)C(F)(F)F)c1cnccn1. The number of aromatic nitrogens is 2. The van der Waals surface area contributed by atoms with Crippen LogP contribution in [-0.2, 0) is 10.0 Å². The highest BCUT2D eigenvalue weighted by atomic mass is 32.2. The molecular formula is C12H9F4N3O2S. The molecule has 0 spiro atoms. The molecule has 5 nitrogen and oxygen atoms in total. The third-order valence-electron chi connectivity index (χ3n) is 2.62. The molecule has 0 aliphatic heterocycles. The van der Waals surface area contributed by atoms with Crippen molar-refractivity contribution in [1.29, 1.82) is 0 Å². The normalized spacial score (nSPS) is 13.8. The summed E-state index contributed by atoms with van der Waals surface area (Å²) < 4.78 is 77.5. The van der Waals surface area contributed by atoms with Gasteiger partial charge in [0.05, 0.1) is 6.20 Å². The zero-order valence-corrected chi connectivity index (χ0v) is 11.6. The number of hydrogen-bond donors (Lipinski definition) is 1. The summed E-state index contributed by atoms with van der Waals surface area (Å²) in [6.07, 6.45) is -1.87. The quantitative estimate of drug-likeness (QED) is 0.870. The first-order chi connectivity index (χ1) is 10.2. The molecule has 0 amide bonds. The molecular weight excluding hydrogens is 326 g/mol. The highest BCUT2D eigenvalue weighted by molar-refractivity contribution is 7.89. The van der Waals surface area contributed by atoms with Crippen molar-refractivity contribution in [3.05, 3.63) is 54.2 Å². The van der Waals surface area contributed by atoms with Crippen LogP contribution in [0, 0.1) is 5.82 Å². The molecule has 0 saturated carbocycles. The van der Waals surface area contributed by atoms with Crippen LogP contribution in [0.2, 0.25) is 0 Å². The minimum absolute atomic E-state index is 0.443. The van der Waals surface area contributed by atoms with Gasteiger partial charge in [0.15, 0.2) is 5.03 Å². The van der Waals surface area contributed by atoms with Crippen molar-refractivity contribution in [3.8, 4) is 0 Å². The summed E-state index contributed by atoms with van der Waals surface area (Å²) >= 11 is 0. The van der Waals surface area contributed by atoms with Gasteiger partial charge in [-0.1, -0.05) is 12.1 Å². The smallest absolute Gasteiger partial charge is 0.260 e. The van der Waals surface area contributed by atoms with E-state index in [9.17, 15) is 26.0 Å². The first-order valence-corrected chi connectivity index (χ1v) is 7.29. The molecule has 1 aromatic heterocycles. The van der Waals surface area contributed by atoms with Crippen LogP contribution >= 0.6 is 0 Å². The standard InChI is InChI=1S/C12H9F4N3O2S/c13-9-3-1-8(2-4-9)11(12(14,15)16)19-22(20,21)10-7-17-5-6-18-10/h1-7,11,19H. The lowest BCUT2D eigenvalue weighted by molar-refractivity contribution is -0.153. The Bertz CT molecular complexity index is 733. The third-order valence-corrected chi connectivity index (χ3v) is 3.93. The van der Waals surface area contributed by atoms with Gasteiger partial charge in [-0.2, -0.15) is 17.9 Å². The second-order valence-corrected chi connectivity index (χ2v) is 5.85. The number of nitrogens with one attached hydrogen (secondary N) is 1. The largest absolute Gasteiger partial charge is 0.408 e. The maximum Gasteiger partial charge on any atom is 0.408 e. The van der Waals surface area contributed by atoms with Crippen molar-refractivity contribution in [3.63, 3.8) is 0 Å². The molecule has 0 bridgehead atoms. The lowest BCUT2D eigenvalue weighted by atomic mass is 10.1. The van der Waals surface area contributed by atoms with E-state index in [1.165, 1.54) is 10.9 Å². The lowest BCUT2D eigenvalue weighted by Gasteiger charge is -2.21. The van der Waals surface area contributed by atoms with E-state index < -0.39 is 38.6 Å². The molecule has 0 aliphatic carbocycles. The van der Waals surface area contributed by atoms with E-state index >= 15 is 0 Å². The van der Waals surface area contributed by atoms with Gasteiger partial charge in [-0.15, -0.1) is 0 Å². The van der Waals surface area contributed by atoms with E-state index in [2.05, 4.69) is 9.97 Å². The number of halogens is 4. The molecule has 118 valence electrons. The maximum atomic E-state index is 13.1. The molecule has 1 aromatic carbocycles. The van der Waals surface area contributed by atoms with Crippen LogP contribution < -0.4 is 4.72 Å². The number of rotatable bonds is 4. The Morgan fingerprint density at radius 2 is 1.73 bits per heavy atom. The van der Waals surface area contributed by atoms with Gasteiger partial charge in [-0.25, -0.2) is 17.8 Å². The zero-order valence-electron chi connectivity index (χ0n) is 10.7. The second-order valence-electron chi connectivity index (χ2n) is 4.19. The molecule has 1 unspecified atom stereocenters. The number of sulfonamides is 1. The topological polar surface area (TPSA) is 72.0 Å². The average Bonchev–Trinajstić information content (AvgIpc) is 2.46. The van der Waals surface area contributed by atoms with Crippen LogP contribution in [0.3, 0.4) is 0 Å². The number of benzene rings is 1. The molecule has 22 heavy (non-hydrogen) atoms. The molecule has 2 aromatic rings. The van der Waals surface area contributed by atoms with Gasteiger partial charge < -0.3 is 0 Å². The van der Waals surface area contributed by atoms with Gasteiger partial charge in [-0.3, -0.25) is 4.98 Å². The fourth-order valence-corrected chi connectivity index (χ4v) is 2.72. The van der Waals surface area contributed by atoms with Crippen LogP contribution in [0.4, 0.5) is 17.6 Å². The Balaban J connectivity index is 2.38. The summed E-state index contributed by atoms with van der Waals surface area (Å²) in [5, 5.41) is -0.647. The van der Waals surface area contributed by atoms with Crippen molar-refractivity contribution >= 4 is 10.0 Å². The molecule has 0 fully saturated rings. The first-order valence-electron chi connectivity index (χ1n) is 5.81. The van der Waals surface area contributed by atoms with Crippen LogP contribution in [0.25, 0.3) is 0 Å². The molecule has 1 atom stereocenters. The van der Waals surface area contributed by atoms with E-state index in [1.807, 2.05) is 0 Å². The third kappa shape index (κ3) is 3.77. The van der Waals surface area contributed by atoms with Gasteiger partial charge in [0.2, 0.25) is 0 Å². The Labute approximate surface area is 123 Å². The Morgan fingerprint density at radius 3 is 2.23 bits per heavy atom. The molecule has 1 heterocycles. The van der Waals surface area contributed by atoms with Crippen LogP contribution in [0.5, 0.6) is 0 Å². The minimum Gasteiger partial charge on any atom is -0.260 e. The van der Waals surface area contributed by atoms with Crippen molar-refractivity contribution in [2.45, 2.75) is 17.2 Å². The van der Waals surface area contributed by atoms with Crippen molar-refractivity contribution < 1.29 is 26.0 Å². The fourth-order valence-electron chi connectivity index (χ4n) is 1.62. The molecule has 0 radical (unpaired) electrons. The highest BCUT2D eigenvalue weighted by Gasteiger charge is 2.43. The molecule has 0 saturated heterocycles. The number of hydrogen-bond acceptors (Lipinski definition) is 4. The summed E-state index contributed by atoms with van der Waals surface area (Å²) in [6, 6.07) is 0.800. The Morgan fingerprint density at radius 1 is 1.09 bits per heavy atom. The van der Waals surface area contributed by atoms with Gasteiger partial charge in [-0.05, 0) is 17.7 Å². The summed E-state index contributed by atoms with van der Waals surface area (Å²) in [5.74, 6) is -0.735. The molecule has 1 N–H and O–H groups in total. The molecule has 2 rings (SSSR count). The summed E-state index contributed by atoms with van der Waals surface area (Å²) in [5.41, 5.74) is -0.443. The lowest BCUT2D eigenvalue weighted by Crippen LogP contribution is -2.38. The predicted octanol–water partition coefficient (Wildman–Crippen LogP) is 2.20. The Kier molecular flexibility index (Phi) is 4.42. The van der Waals surface area contributed by atoms with E-state index in [0.717, 1.165) is 36.7 Å². The van der Waals surface area contributed by atoms with Crippen molar-refractivity contribution in [2.24, 2.45) is 0 Å². The van der Waals surface area contributed by atoms with E-state index in [4.69, 9.17) is 0 Å². The van der Waals surface area contributed by atoms with Gasteiger partial charge in [0.1, 0.15) is 11.9 Å². The van der Waals surface area contributed by atoms with E-state index in [-0.39, 0.29) is 0 Å². The maximum absolute atomic E-state index is 13.1. The van der Waals surface area contributed by atoms with E-state index in [0.29, 0.717) is 0 Å². The van der Waals surface area contributed by atoms with Crippen LogP contribution in [-0.4, -0.2) is 24.6 Å². The first kappa shape index (κ1) is 16.3. The average molecular weight is 335 g/mol. The summed E-state index contributed by atoms with van der Waals surface area (Å²) in [7, 11) is -4.54. The molecule has 10 heteroatoms. The van der Waals surface area contributed by atoms with Crippen LogP contribution in [0.1, 0.15) is 11.6 Å². The van der Waals surface area contributed by atoms with Crippen LogP contribution in [0.15, 0.2) is 47.9 Å². The van der Waals surface area contributed by atoms with Gasteiger partial charge in [0.25, 0.3) is 10.0 Å². The van der Waals surface area contributed by atoms with E-state index in [1.54, 1.807) is 0 Å². The van der Waals surface area contributed by atoms with Gasteiger partial charge in [0, 0.05) is 12.4 Å². The zero-order chi connectivity index (χ0) is 16.4. The summed E-state index contributed by atoms with van der Waals surface area (Å²) in [4.78, 5) is 6.95. The Hall–Kier alpha value is -2.07. The van der Waals surface area contributed by atoms with Crippen molar-refractivity contribution in [2.75, 3.05) is 0 Å². The molecule has 0 aliphatic rings.